The first-order valence-electron chi connectivity index (χ1n) is 6.49. The van der Waals surface area contributed by atoms with Crippen molar-refractivity contribution in [3.63, 3.8) is 0 Å². The third-order valence-electron chi connectivity index (χ3n) is 2.75. The summed E-state index contributed by atoms with van der Waals surface area (Å²) in [5.74, 6) is 0.0593. The van der Waals surface area contributed by atoms with Crippen LogP contribution < -0.4 is 15.0 Å². The second-order valence-corrected chi connectivity index (χ2v) is 4.62. The molecule has 0 saturated heterocycles. The maximum Gasteiger partial charge on any atom is 0.321 e. The topological polar surface area (TPSA) is 80.2 Å². The smallest absolute Gasteiger partial charge is 0.321 e. The number of hydrogen-bond acceptors (Lipinski definition) is 6. The van der Waals surface area contributed by atoms with E-state index in [-0.39, 0.29) is 18.5 Å². The van der Waals surface area contributed by atoms with E-state index in [1.807, 2.05) is 0 Å². The molecule has 0 aliphatic rings. The number of amides is 1. The van der Waals surface area contributed by atoms with Crippen LogP contribution in [0, 0.1) is 5.82 Å². The van der Waals surface area contributed by atoms with Gasteiger partial charge in [-0.2, -0.15) is 15.0 Å². The van der Waals surface area contributed by atoms with Crippen molar-refractivity contribution < 1.29 is 13.9 Å². The first-order valence-corrected chi connectivity index (χ1v) is 6.49. The molecule has 7 nitrogen and oxygen atoms in total. The highest BCUT2D eigenvalue weighted by Crippen LogP contribution is 2.09. The van der Waals surface area contributed by atoms with E-state index in [2.05, 4.69) is 20.3 Å². The zero-order valence-electron chi connectivity index (χ0n) is 12.5. The Balaban J connectivity index is 2.09. The normalized spacial score (nSPS) is 10.2. The van der Waals surface area contributed by atoms with Gasteiger partial charge in [0.15, 0.2) is 5.82 Å². The molecule has 2 rings (SSSR count). The van der Waals surface area contributed by atoms with E-state index in [0.29, 0.717) is 17.3 Å². The Hall–Kier alpha value is -2.77. The van der Waals surface area contributed by atoms with Gasteiger partial charge in [0.25, 0.3) is 5.91 Å². The maximum absolute atomic E-state index is 12.8. The predicted molar refractivity (Wildman–Crippen MR) is 78.3 cm³/mol. The molecule has 0 bridgehead atoms. The molecule has 0 fully saturated rings. The summed E-state index contributed by atoms with van der Waals surface area (Å²) in [5, 5.41) is 2.66. The minimum atomic E-state index is -0.394. The number of halogens is 1. The fourth-order valence-corrected chi connectivity index (χ4v) is 1.62. The van der Waals surface area contributed by atoms with Gasteiger partial charge in [-0.25, -0.2) is 4.39 Å². The van der Waals surface area contributed by atoms with Crippen LogP contribution in [0.15, 0.2) is 24.3 Å². The quantitative estimate of drug-likeness (QED) is 0.888. The fourth-order valence-electron chi connectivity index (χ4n) is 1.62. The van der Waals surface area contributed by atoms with Gasteiger partial charge >= 0.3 is 6.01 Å². The molecule has 0 aliphatic carbocycles. The van der Waals surface area contributed by atoms with Crippen molar-refractivity contribution in [1.29, 1.82) is 0 Å². The molecule has 0 aliphatic heterocycles. The van der Waals surface area contributed by atoms with Crippen molar-refractivity contribution in [1.82, 2.24) is 20.3 Å². The predicted octanol–water partition coefficient (Wildman–Crippen LogP) is 1.02. The average Bonchev–Trinajstić information content (AvgIpc) is 2.52. The molecule has 116 valence electrons. The van der Waals surface area contributed by atoms with Gasteiger partial charge < -0.3 is 15.0 Å². The minimum absolute atomic E-state index is 0.107. The van der Waals surface area contributed by atoms with Crippen LogP contribution in [0.25, 0.3) is 0 Å². The highest BCUT2D eigenvalue weighted by atomic mass is 19.1. The molecule has 0 unspecified atom stereocenters. The van der Waals surface area contributed by atoms with Crippen molar-refractivity contribution in [2.24, 2.45) is 0 Å². The number of rotatable bonds is 5. The van der Waals surface area contributed by atoms with Crippen LogP contribution >= 0.6 is 0 Å². The van der Waals surface area contributed by atoms with Crippen LogP contribution in [-0.2, 0) is 6.54 Å². The Bertz CT molecular complexity index is 661. The molecule has 22 heavy (non-hydrogen) atoms. The van der Waals surface area contributed by atoms with Crippen LogP contribution in [0.4, 0.5) is 10.3 Å². The highest BCUT2D eigenvalue weighted by molar-refractivity contribution is 5.94. The molecule has 0 saturated carbocycles. The van der Waals surface area contributed by atoms with Crippen LogP contribution in [0.1, 0.15) is 16.2 Å². The molecule has 0 spiro atoms. The minimum Gasteiger partial charge on any atom is -0.467 e. The van der Waals surface area contributed by atoms with Gasteiger partial charge in [-0.3, -0.25) is 4.79 Å². The van der Waals surface area contributed by atoms with E-state index >= 15 is 0 Å². The van der Waals surface area contributed by atoms with Crippen molar-refractivity contribution in [3.05, 3.63) is 41.5 Å². The molecule has 2 aromatic rings. The van der Waals surface area contributed by atoms with Crippen molar-refractivity contribution in [3.8, 4) is 6.01 Å². The van der Waals surface area contributed by atoms with Crippen LogP contribution in [0.2, 0.25) is 0 Å². The highest BCUT2D eigenvalue weighted by Gasteiger charge is 2.10. The Kier molecular flexibility index (Phi) is 4.82. The molecule has 1 N–H and O–H groups in total. The van der Waals surface area contributed by atoms with Gasteiger partial charge in [0.1, 0.15) is 5.82 Å². The monoisotopic (exact) mass is 305 g/mol. The summed E-state index contributed by atoms with van der Waals surface area (Å²) in [6, 6.07) is 5.44. The number of carbonyl (C=O) groups is 1. The molecular formula is C14H16FN5O2. The van der Waals surface area contributed by atoms with Gasteiger partial charge in [0.2, 0.25) is 5.95 Å². The standard InChI is InChI=1S/C14H16FN5O2/c1-20(2)13-17-11(18-14(19-13)22-3)8-16-12(21)9-4-6-10(15)7-5-9/h4-7H,8H2,1-3H3,(H,16,21). The lowest BCUT2D eigenvalue weighted by Gasteiger charge is -2.12. The molecule has 1 amide bonds. The summed E-state index contributed by atoms with van der Waals surface area (Å²) >= 11 is 0. The first-order chi connectivity index (χ1) is 10.5. The first kappa shape index (κ1) is 15.6. The number of benzene rings is 1. The average molecular weight is 305 g/mol. The maximum atomic E-state index is 12.8. The van der Waals surface area contributed by atoms with E-state index in [0.717, 1.165) is 0 Å². The Morgan fingerprint density at radius 3 is 2.50 bits per heavy atom. The van der Waals surface area contributed by atoms with E-state index in [1.165, 1.54) is 31.4 Å². The summed E-state index contributed by atoms with van der Waals surface area (Å²) < 4.78 is 17.8. The van der Waals surface area contributed by atoms with Crippen LogP contribution in [0.3, 0.4) is 0 Å². The second-order valence-electron chi connectivity index (χ2n) is 4.62. The summed E-state index contributed by atoms with van der Waals surface area (Å²) in [7, 11) is 5.03. The number of anilines is 1. The molecule has 0 atom stereocenters. The zero-order chi connectivity index (χ0) is 16.1. The molecule has 1 aromatic carbocycles. The summed E-state index contributed by atoms with van der Waals surface area (Å²) in [5.41, 5.74) is 0.357. The molecule has 0 radical (unpaired) electrons. The van der Waals surface area contributed by atoms with Gasteiger partial charge in [0, 0.05) is 19.7 Å². The molecular weight excluding hydrogens is 289 g/mol. The Labute approximate surface area is 127 Å². The lowest BCUT2D eigenvalue weighted by Crippen LogP contribution is -2.25. The molecule has 8 heteroatoms. The van der Waals surface area contributed by atoms with Crippen LogP contribution in [0.5, 0.6) is 6.01 Å². The van der Waals surface area contributed by atoms with Crippen LogP contribution in [-0.4, -0.2) is 42.1 Å². The molecule has 1 aromatic heterocycles. The number of carbonyl (C=O) groups excluding carboxylic acids is 1. The number of nitrogens with zero attached hydrogens (tertiary/aromatic N) is 4. The van der Waals surface area contributed by atoms with E-state index in [4.69, 9.17) is 4.74 Å². The third kappa shape index (κ3) is 3.87. The lowest BCUT2D eigenvalue weighted by atomic mass is 10.2. The lowest BCUT2D eigenvalue weighted by molar-refractivity contribution is 0.0949. The number of hydrogen-bond donors (Lipinski definition) is 1. The van der Waals surface area contributed by atoms with E-state index in [1.54, 1.807) is 19.0 Å². The van der Waals surface area contributed by atoms with Gasteiger partial charge in [0.05, 0.1) is 13.7 Å². The van der Waals surface area contributed by atoms with Gasteiger partial charge in [-0.05, 0) is 24.3 Å². The summed E-state index contributed by atoms with van der Waals surface area (Å²) in [4.78, 5) is 26.0. The summed E-state index contributed by atoms with van der Waals surface area (Å²) in [6.45, 7) is 0.107. The Morgan fingerprint density at radius 2 is 1.91 bits per heavy atom. The summed E-state index contributed by atoms with van der Waals surface area (Å²) in [6.07, 6.45) is 0. The van der Waals surface area contributed by atoms with Crippen molar-refractivity contribution >= 4 is 11.9 Å². The van der Waals surface area contributed by atoms with Crippen molar-refractivity contribution in [2.45, 2.75) is 6.54 Å². The SMILES string of the molecule is COc1nc(CNC(=O)c2ccc(F)cc2)nc(N(C)C)n1. The van der Waals surface area contributed by atoms with E-state index in [9.17, 15) is 9.18 Å². The van der Waals surface area contributed by atoms with E-state index < -0.39 is 5.82 Å². The second kappa shape index (κ2) is 6.79. The van der Waals surface area contributed by atoms with Gasteiger partial charge in [-0.1, -0.05) is 0 Å². The number of aromatic nitrogens is 3. The molecule has 1 heterocycles. The zero-order valence-corrected chi connectivity index (χ0v) is 12.5. The largest absolute Gasteiger partial charge is 0.467 e. The van der Waals surface area contributed by atoms with Gasteiger partial charge in [-0.15, -0.1) is 0 Å². The van der Waals surface area contributed by atoms with Crippen molar-refractivity contribution in [2.75, 3.05) is 26.1 Å². The number of ether oxygens (including phenoxy) is 1. The Morgan fingerprint density at radius 1 is 1.23 bits per heavy atom. The number of methoxy groups -OCH3 is 1. The third-order valence-corrected chi connectivity index (χ3v) is 2.75. The number of nitrogens with one attached hydrogen (secondary N) is 1. The fraction of sp³-hybridized carbons (Fsp3) is 0.286.